The normalized spacial score (nSPS) is 25.1. The van der Waals surface area contributed by atoms with Gasteiger partial charge in [0.15, 0.2) is 0 Å². The second-order valence-electron chi connectivity index (χ2n) is 6.83. The average molecular weight is 353 g/mol. The van der Waals surface area contributed by atoms with Crippen molar-refractivity contribution in [1.29, 1.82) is 0 Å². The first kappa shape index (κ1) is 19.2. The van der Waals surface area contributed by atoms with Gasteiger partial charge in [-0.25, -0.2) is 0 Å². The Kier molecular flexibility index (Phi) is 8.03. The van der Waals surface area contributed by atoms with Gasteiger partial charge in [0.25, 0.3) is 0 Å². The third-order valence-corrected chi connectivity index (χ3v) is 4.91. The van der Waals surface area contributed by atoms with E-state index in [0.29, 0.717) is 31.2 Å². The van der Waals surface area contributed by atoms with Gasteiger partial charge in [-0.1, -0.05) is 30.3 Å². The van der Waals surface area contributed by atoms with Gasteiger partial charge in [-0.15, -0.1) is 12.4 Å². The first-order valence-electron chi connectivity index (χ1n) is 8.96. The molecular weight excluding hydrogens is 324 g/mol. The van der Waals surface area contributed by atoms with Gasteiger partial charge in [-0.3, -0.25) is 4.79 Å². The summed E-state index contributed by atoms with van der Waals surface area (Å²) in [5.74, 6) is 0.183. The van der Waals surface area contributed by atoms with E-state index < -0.39 is 0 Å². The zero-order valence-electron chi connectivity index (χ0n) is 14.2. The van der Waals surface area contributed by atoms with Gasteiger partial charge >= 0.3 is 0 Å². The van der Waals surface area contributed by atoms with Crippen LogP contribution in [0.5, 0.6) is 0 Å². The number of benzene rings is 1. The van der Waals surface area contributed by atoms with E-state index in [0.717, 1.165) is 32.3 Å². The Bertz CT molecular complexity index is 485. The lowest BCUT2D eigenvalue weighted by atomic mass is 9.99. The predicted molar refractivity (Wildman–Crippen MR) is 98.6 cm³/mol. The summed E-state index contributed by atoms with van der Waals surface area (Å²) in [6, 6.07) is 12.0. The molecule has 0 aliphatic carbocycles. The van der Waals surface area contributed by atoms with E-state index in [1.807, 2.05) is 18.2 Å². The second kappa shape index (κ2) is 10.0. The minimum Gasteiger partial charge on any atom is -0.381 e. The summed E-state index contributed by atoms with van der Waals surface area (Å²) in [5, 5.41) is 6.80. The first-order chi connectivity index (χ1) is 11.3. The molecule has 2 fully saturated rings. The molecule has 24 heavy (non-hydrogen) atoms. The molecule has 1 aromatic carbocycles. The molecule has 0 radical (unpaired) electrons. The number of amides is 1. The Morgan fingerprint density at radius 2 is 1.83 bits per heavy atom. The second-order valence-corrected chi connectivity index (χ2v) is 6.83. The smallest absolute Gasteiger partial charge is 0.220 e. The Hall–Kier alpha value is -1.10. The Morgan fingerprint density at radius 1 is 1.12 bits per heavy atom. The van der Waals surface area contributed by atoms with Gasteiger partial charge in [-0.05, 0) is 44.1 Å². The fraction of sp³-hybridized carbons (Fsp3) is 0.632. The summed E-state index contributed by atoms with van der Waals surface area (Å²) >= 11 is 0. The van der Waals surface area contributed by atoms with Crippen LogP contribution in [0.15, 0.2) is 30.3 Å². The third-order valence-electron chi connectivity index (χ3n) is 4.91. The fourth-order valence-electron chi connectivity index (χ4n) is 3.75. The summed E-state index contributed by atoms with van der Waals surface area (Å²) < 4.78 is 5.63. The van der Waals surface area contributed by atoms with E-state index in [1.54, 1.807) is 0 Å². The lowest BCUT2D eigenvalue weighted by Gasteiger charge is -2.29. The molecule has 2 aliphatic rings. The standard InChI is InChI=1S/C19H28N2O2.ClH/c22-19(21-18-13-16-8-9-17(14-18)20-16)7-4-11-23-12-10-15-5-2-1-3-6-15;/h1-3,5-6,16-18,20H,4,7-14H2,(H,21,22);1H. The van der Waals surface area contributed by atoms with Crippen molar-refractivity contribution >= 4 is 18.3 Å². The van der Waals surface area contributed by atoms with Crippen LogP contribution in [0.3, 0.4) is 0 Å². The molecule has 5 heteroatoms. The number of fused-ring (bicyclic) bond motifs is 2. The van der Waals surface area contributed by atoms with Crippen LogP contribution in [0, 0.1) is 0 Å². The number of hydrogen-bond donors (Lipinski definition) is 2. The van der Waals surface area contributed by atoms with Crippen molar-refractivity contribution < 1.29 is 9.53 Å². The number of halogens is 1. The Balaban J connectivity index is 0.00000208. The topological polar surface area (TPSA) is 50.4 Å². The van der Waals surface area contributed by atoms with Crippen LogP contribution in [-0.2, 0) is 16.0 Å². The quantitative estimate of drug-likeness (QED) is 0.707. The van der Waals surface area contributed by atoms with E-state index in [9.17, 15) is 4.79 Å². The van der Waals surface area contributed by atoms with E-state index in [4.69, 9.17) is 4.74 Å². The van der Waals surface area contributed by atoms with Crippen LogP contribution in [-0.4, -0.2) is 37.2 Å². The molecule has 1 aromatic rings. The van der Waals surface area contributed by atoms with E-state index in [1.165, 1.54) is 18.4 Å². The largest absolute Gasteiger partial charge is 0.381 e. The molecule has 2 heterocycles. The number of ether oxygens (including phenoxy) is 1. The number of rotatable bonds is 8. The van der Waals surface area contributed by atoms with E-state index in [-0.39, 0.29) is 18.3 Å². The fourth-order valence-corrected chi connectivity index (χ4v) is 3.75. The van der Waals surface area contributed by atoms with Crippen LogP contribution in [0.4, 0.5) is 0 Å². The van der Waals surface area contributed by atoms with Crippen LogP contribution in [0.1, 0.15) is 44.1 Å². The van der Waals surface area contributed by atoms with Crippen molar-refractivity contribution in [2.24, 2.45) is 0 Å². The molecule has 0 saturated carbocycles. The zero-order chi connectivity index (χ0) is 15.9. The molecule has 1 amide bonds. The molecule has 134 valence electrons. The highest BCUT2D eigenvalue weighted by Crippen LogP contribution is 2.26. The van der Waals surface area contributed by atoms with Crippen molar-refractivity contribution in [3.05, 3.63) is 35.9 Å². The monoisotopic (exact) mass is 352 g/mol. The molecule has 2 N–H and O–H groups in total. The maximum atomic E-state index is 12.0. The molecule has 0 aromatic heterocycles. The number of hydrogen-bond acceptors (Lipinski definition) is 3. The van der Waals surface area contributed by atoms with Gasteiger partial charge < -0.3 is 15.4 Å². The lowest BCUT2D eigenvalue weighted by Crippen LogP contribution is -2.48. The first-order valence-corrected chi connectivity index (χ1v) is 8.96. The number of carbonyl (C=O) groups excluding carboxylic acids is 1. The Morgan fingerprint density at radius 3 is 2.54 bits per heavy atom. The summed E-state index contributed by atoms with van der Waals surface area (Å²) in [4.78, 5) is 12.0. The minimum absolute atomic E-state index is 0. The van der Waals surface area contributed by atoms with Gasteiger partial charge in [0.2, 0.25) is 5.91 Å². The van der Waals surface area contributed by atoms with Crippen LogP contribution in [0.2, 0.25) is 0 Å². The lowest BCUT2D eigenvalue weighted by molar-refractivity contribution is -0.122. The Labute approximate surface area is 151 Å². The van der Waals surface area contributed by atoms with Gasteiger partial charge in [0.1, 0.15) is 0 Å². The number of nitrogens with one attached hydrogen (secondary N) is 2. The molecule has 4 nitrogen and oxygen atoms in total. The molecule has 2 atom stereocenters. The van der Waals surface area contributed by atoms with Gasteiger partial charge in [0.05, 0.1) is 6.61 Å². The van der Waals surface area contributed by atoms with Crippen molar-refractivity contribution in [3.63, 3.8) is 0 Å². The summed E-state index contributed by atoms with van der Waals surface area (Å²) in [6.45, 7) is 1.39. The number of piperidine rings is 1. The van der Waals surface area contributed by atoms with E-state index in [2.05, 4.69) is 22.8 Å². The third kappa shape index (κ3) is 6.08. The highest BCUT2D eigenvalue weighted by Gasteiger charge is 2.33. The zero-order valence-corrected chi connectivity index (χ0v) is 15.0. The molecule has 3 rings (SSSR count). The molecule has 2 aliphatic heterocycles. The molecular formula is C19H29ClN2O2. The van der Waals surface area contributed by atoms with Gasteiger partial charge in [0, 0.05) is 31.2 Å². The van der Waals surface area contributed by atoms with Crippen LogP contribution < -0.4 is 10.6 Å². The highest BCUT2D eigenvalue weighted by atomic mass is 35.5. The summed E-state index contributed by atoms with van der Waals surface area (Å²) in [5.41, 5.74) is 1.30. The van der Waals surface area contributed by atoms with Crippen LogP contribution >= 0.6 is 12.4 Å². The van der Waals surface area contributed by atoms with Crippen molar-refractivity contribution in [1.82, 2.24) is 10.6 Å². The van der Waals surface area contributed by atoms with Gasteiger partial charge in [-0.2, -0.15) is 0 Å². The summed E-state index contributed by atoms with van der Waals surface area (Å²) in [6.07, 6.45) is 7.04. The maximum absolute atomic E-state index is 12.0. The molecule has 2 saturated heterocycles. The minimum atomic E-state index is 0. The number of carbonyl (C=O) groups is 1. The van der Waals surface area contributed by atoms with Crippen molar-refractivity contribution in [2.75, 3.05) is 13.2 Å². The highest BCUT2D eigenvalue weighted by molar-refractivity contribution is 5.85. The average Bonchev–Trinajstić information content (AvgIpc) is 2.90. The van der Waals surface area contributed by atoms with Crippen molar-refractivity contribution in [3.8, 4) is 0 Å². The molecule has 0 spiro atoms. The predicted octanol–water partition coefficient (Wildman–Crippen LogP) is 2.85. The van der Waals surface area contributed by atoms with Crippen LogP contribution in [0.25, 0.3) is 0 Å². The van der Waals surface area contributed by atoms with E-state index >= 15 is 0 Å². The maximum Gasteiger partial charge on any atom is 0.220 e. The SMILES string of the molecule is Cl.O=C(CCCOCCc1ccccc1)NC1CC2CCC(C1)N2. The molecule has 2 bridgehead atoms. The summed E-state index contributed by atoms with van der Waals surface area (Å²) in [7, 11) is 0. The van der Waals surface area contributed by atoms with Crippen molar-refractivity contribution in [2.45, 2.75) is 63.1 Å². The molecule has 2 unspecified atom stereocenters.